The highest BCUT2D eigenvalue weighted by molar-refractivity contribution is 5.89. The molecule has 1 aromatic rings. The van der Waals surface area contributed by atoms with E-state index in [4.69, 9.17) is 4.74 Å². The van der Waals surface area contributed by atoms with E-state index in [2.05, 4.69) is 28.7 Å². The summed E-state index contributed by atoms with van der Waals surface area (Å²) < 4.78 is 5.85. The van der Waals surface area contributed by atoms with Gasteiger partial charge in [-0.25, -0.2) is 9.78 Å². The Morgan fingerprint density at radius 3 is 2.56 bits per heavy atom. The van der Waals surface area contributed by atoms with Crippen LogP contribution in [0.4, 0.5) is 10.6 Å². The Labute approximate surface area is 162 Å². The first kappa shape index (κ1) is 18.7. The van der Waals surface area contributed by atoms with Gasteiger partial charge < -0.3 is 9.64 Å². The maximum Gasteiger partial charge on any atom is 0.416 e. The molecule has 1 saturated carbocycles. The number of aromatic nitrogens is 2. The fourth-order valence-electron chi connectivity index (χ4n) is 4.92. The molecule has 3 heterocycles. The van der Waals surface area contributed by atoms with Crippen LogP contribution in [-0.4, -0.2) is 52.2 Å². The van der Waals surface area contributed by atoms with Crippen molar-refractivity contribution in [2.45, 2.75) is 76.9 Å². The lowest BCUT2D eigenvalue weighted by Gasteiger charge is -2.34. The van der Waals surface area contributed by atoms with E-state index < -0.39 is 0 Å². The number of hydrogen-bond donors (Lipinski definition) is 0. The van der Waals surface area contributed by atoms with E-state index in [0.717, 1.165) is 56.7 Å². The summed E-state index contributed by atoms with van der Waals surface area (Å²) in [5.41, 5.74) is 0.650. The van der Waals surface area contributed by atoms with Gasteiger partial charge in [0.2, 0.25) is 0 Å². The molecule has 148 valence electrons. The van der Waals surface area contributed by atoms with Crippen molar-refractivity contribution in [1.29, 1.82) is 0 Å². The summed E-state index contributed by atoms with van der Waals surface area (Å²) in [6.07, 6.45) is 11.9. The van der Waals surface area contributed by atoms with E-state index in [0.29, 0.717) is 18.5 Å². The molecule has 0 bridgehead atoms. The van der Waals surface area contributed by atoms with Crippen LogP contribution in [0.1, 0.15) is 64.5 Å². The molecule has 0 N–H and O–H groups in total. The zero-order chi connectivity index (χ0) is 18.9. The Kier molecular flexibility index (Phi) is 5.35. The minimum Gasteiger partial charge on any atom is -0.441 e. The van der Waals surface area contributed by atoms with E-state index in [1.54, 1.807) is 17.3 Å². The Morgan fingerprint density at radius 1 is 1.15 bits per heavy atom. The lowest BCUT2D eigenvalue weighted by Crippen LogP contribution is -2.39. The molecule has 3 aliphatic rings. The summed E-state index contributed by atoms with van der Waals surface area (Å²) in [5.74, 6) is 1.33. The number of anilines is 1. The zero-order valence-corrected chi connectivity index (χ0v) is 16.7. The standard InChI is InChI=1S/C21H32N4O2/c1-16(2)24-12-6-17(7-13-24)14-18-19(23-11-10-22-18)25-15-21(27-20(25)26)8-4-3-5-9-21/h10-11,16-17H,3-9,12-15H2,1-2H3. The average Bonchev–Trinajstić information content (AvgIpc) is 2.98. The first-order chi connectivity index (χ1) is 13.1. The summed E-state index contributed by atoms with van der Waals surface area (Å²) >= 11 is 0. The predicted molar refractivity (Wildman–Crippen MR) is 105 cm³/mol. The minimum atomic E-state index is -0.299. The molecule has 4 rings (SSSR count). The largest absolute Gasteiger partial charge is 0.441 e. The van der Waals surface area contributed by atoms with Crippen molar-refractivity contribution in [3.05, 3.63) is 18.1 Å². The summed E-state index contributed by atoms with van der Waals surface area (Å²) in [6.45, 7) is 7.45. The molecule has 0 atom stereocenters. The zero-order valence-electron chi connectivity index (χ0n) is 16.7. The number of rotatable bonds is 4. The van der Waals surface area contributed by atoms with Crippen LogP contribution in [0.2, 0.25) is 0 Å². The van der Waals surface area contributed by atoms with Gasteiger partial charge in [0.1, 0.15) is 5.60 Å². The lowest BCUT2D eigenvalue weighted by molar-refractivity contribution is 0.0260. The third kappa shape index (κ3) is 3.96. The van der Waals surface area contributed by atoms with Gasteiger partial charge in [-0.3, -0.25) is 9.88 Å². The second-order valence-corrected chi connectivity index (χ2v) is 8.80. The number of amides is 1. The monoisotopic (exact) mass is 372 g/mol. The highest BCUT2D eigenvalue weighted by Crippen LogP contribution is 2.39. The van der Waals surface area contributed by atoms with Gasteiger partial charge in [0.05, 0.1) is 12.2 Å². The van der Waals surface area contributed by atoms with Gasteiger partial charge in [-0.05, 0) is 77.8 Å². The molecule has 6 heteroatoms. The second-order valence-electron chi connectivity index (χ2n) is 8.80. The molecule has 2 aliphatic heterocycles. The molecule has 0 unspecified atom stereocenters. The summed E-state index contributed by atoms with van der Waals surface area (Å²) in [6, 6.07) is 0.615. The molecule has 1 spiro atoms. The summed E-state index contributed by atoms with van der Waals surface area (Å²) in [7, 11) is 0. The van der Waals surface area contributed by atoms with Crippen molar-refractivity contribution in [3.8, 4) is 0 Å². The Balaban J connectivity index is 1.46. The van der Waals surface area contributed by atoms with Crippen LogP contribution in [-0.2, 0) is 11.2 Å². The molecular formula is C21H32N4O2. The molecule has 1 aliphatic carbocycles. The van der Waals surface area contributed by atoms with Gasteiger partial charge in [0.15, 0.2) is 5.82 Å². The van der Waals surface area contributed by atoms with E-state index in [9.17, 15) is 4.79 Å². The minimum absolute atomic E-state index is 0.242. The average molecular weight is 373 g/mol. The van der Waals surface area contributed by atoms with E-state index in [1.807, 2.05) is 0 Å². The van der Waals surface area contributed by atoms with Crippen LogP contribution < -0.4 is 4.90 Å². The quantitative estimate of drug-likeness (QED) is 0.805. The molecule has 1 aromatic heterocycles. The van der Waals surface area contributed by atoms with Gasteiger partial charge in [-0.15, -0.1) is 0 Å². The molecular weight excluding hydrogens is 340 g/mol. The van der Waals surface area contributed by atoms with Gasteiger partial charge in [-0.2, -0.15) is 0 Å². The molecule has 0 aromatic carbocycles. The number of hydrogen-bond acceptors (Lipinski definition) is 5. The Bertz CT molecular complexity index is 664. The molecule has 0 radical (unpaired) electrons. The number of carbonyl (C=O) groups is 1. The maximum absolute atomic E-state index is 12.6. The van der Waals surface area contributed by atoms with E-state index >= 15 is 0 Å². The van der Waals surface area contributed by atoms with Crippen LogP contribution in [0, 0.1) is 5.92 Å². The van der Waals surface area contributed by atoms with Crippen LogP contribution in [0.15, 0.2) is 12.4 Å². The summed E-state index contributed by atoms with van der Waals surface area (Å²) in [4.78, 5) is 26.1. The van der Waals surface area contributed by atoms with Gasteiger partial charge in [-0.1, -0.05) is 6.42 Å². The highest BCUT2D eigenvalue weighted by Gasteiger charge is 2.47. The van der Waals surface area contributed by atoms with Gasteiger partial charge in [0.25, 0.3) is 0 Å². The molecule has 3 fully saturated rings. The number of carbonyl (C=O) groups excluding carboxylic acids is 1. The topological polar surface area (TPSA) is 58.6 Å². The fraction of sp³-hybridized carbons (Fsp3) is 0.762. The highest BCUT2D eigenvalue weighted by atomic mass is 16.6. The van der Waals surface area contributed by atoms with Gasteiger partial charge in [0, 0.05) is 18.4 Å². The number of ether oxygens (including phenoxy) is 1. The third-order valence-electron chi connectivity index (χ3n) is 6.60. The normalized spacial score (nSPS) is 24.0. The van der Waals surface area contributed by atoms with Crippen molar-refractivity contribution < 1.29 is 9.53 Å². The fourth-order valence-corrected chi connectivity index (χ4v) is 4.92. The summed E-state index contributed by atoms with van der Waals surface area (Å²) in [5, 5.41) is 0. The molecule has 27 heavy (non-hydrogen) atoms. The van der Waals surface area contributed by atoms with Crippen molar-refractivity contribution in [1.82, 2.24) is 14.9 Å². The van der Waals surface area contributed by atoms with E-state index in [1.165, 1.54) is 19.3 Å². The van der Waals surface area contributed by atoms with Crippen LogP contribution in [0.3, 0.4) is 0 Å². The third-order valence-corrected chi connectivity index (χ3v) is 6.60. The van der Waals surface area contributed by atoms with Crippen molar-refractivity contribution >= 4 is 11.9 Å². The van der Waals surface area contributed by atoms with Crippen molar-refractivity contribution in [3.63, 3.8) is 0 Å². The number of piperidine rings is 1. The first-order valence-electron chi connectivity index (χ1n) is 10.6. The smallest absolute Gasteiger partial charge is 0.416 e. The first-order valence-corrected chi connectivity index (χ1v) is 10.6. The Hall–Kier alpha value is -1.69. The number of likely N-dealkylation sites (tertiary alicyclic amines) is 1. The van der Waals surface area contributed by atoms with E-state index in [-0.39, 0.29) is 11.7 Å². The van der Waals surface area contributed by atoms with Crippen molar-refractivity contribution in [2.75, 3.05) is 24.5 Å². The van der Waals surface area contributed by atoms with Gasteiger partial charge >= 0.3 is 6.09 Å². The van der Waals surface area contributed by atoms with Crippen LogP contribution in [0.5, 0.6) is 0 Å². The molecule has 6 nitrogen and oxygen atoms in total. The number of nitrogens with zero attached hydrogens (tertiary/aromatic N) is 4. The SMILES string of the molecule is CC(C)N1CCC(Cc2nccnc2N2CC3(CCCCC3)OC2=O)CC1. The van der Waals surface area contributed by atoms with Crippen molar-refractivity contribution in [2.24, 2.45) is 5.92 Å². The maximum atomic E-state index is 12.6. The van der Waals surface area contributed by atoms with Crippen LogP contribution in [0.25, 0.3) is 0 Å². The predicted octanol–water partition coefficient (Wildman–Crippen LogP) is 3.80. The van der Waals surface area contributed by atoms with Crippen LogP contribution >= 0.6 is 0 Å². The lowest BCUT2D eigenvalue weighted by atomic mass is 9.85. The second kappa shape index (κ2) is 7.74. The molecule has 1 amide bonds. The molecule has 2 saturated heterocycles. The Morgan fingerprint density at radius 2 is 1.85 bits per heavy atom.